The van der Waals surface area contributed by atoms with Crippen LogP contribution in [0.5, 0.6) is 0 Å². The minimum Gasteiger partial charge on any atom is -0.444 e. The van der Waals surface area contributed by atoms with Crippen molar-refractivity contribution in [1.82, 2.24) is 14.5 Å². The number of halogens is 1. The van der Waals surface area contributed by atoms with Gasteiger partial charge in [0.1, 0.15) is 5.60 Å². The van der Waals surface area contributed by atoms with Crippen molar-refractivity contribution in [2.75, 3.05) is 11.9 Å². The second-order valence-electron chi connectivity index (χ2n) is 7.55. The van der Waals surface area contributed by atoms with Crippen LogP contribution in [-0.4, -0.2) is 38.6 Å². The predicted octanol–water partition coefficient (Wildman–Crippen LogP) is 3.96. The molecule has 1 aliphatic rings. The van der Waals surface area contributed by atoms with Crippen molar-refractivity contribution in [1.29, 1.82) is 0 Å². The second kappa shape index (κ2) is 7.34. The zero-order valence-electron chi connectivity index (χ0n) is 15.9. The molecule has 0 radical (unpaired) electrons. The van der Waals surface area contributed by atoms with Crippen LogP contribution in [0.15, 0.2) is 29.0 Å². The maximum atomic E-state index is 12.7. The van der Waals surface area contributed by atoms with E-state index in [2.05, 4.69) is 26.2 Å². The number of nitrogens with one attached hydrogen (secondary N) is 1. The van der Waals surface area contributed by atoms with E-state index in [4.69, 9.17) is 4.74 Å². The molecule has 0 saturated carbocycles. The molecule has 144 valence electrons. The molecule has 0 aliphatic carbocycles. The van der Waals surface area contributed by atoms with Crippen LogP contribution in [0.25, 0.3) is 0 Å². The number of benzene rings is 1. The predicted molar refractivity (Wildman–Crippen MR) is 106 cm³/mol. The van der Waals surface area contributed by atoms with Crippen molar-refractivity contribution in [3.05, 3.63) is 46.0 Å². The van der Waals surface area contributed by atoms with E-state index < -0.39 is 11.7 Å². The molecule has 2 amide bonds. The summed E-state index contributed by atoms with van der Waals surface area (Å²) in [5.41, 5.74) is 2.23. The Morgan fingerprint density at radius 1 is 1.19 bits per heavy atom. The van der Waals surface area contributed by atoms with E-state index in [0.717, 1.165) is 5.56 Å². The van der Waals surface area contributed by atoms with Crippen molar-refractivity contribution in [3.8, 4) is 0 Å². The van der Waals surface area contributed by atoms with Crippen molar-refractivity contribution in [2.24, 2.45) is 0 Å². The monoisotopic (exact) mass is 434 g/mol. The Kier molecular flexibility index (Phi) is 5.28. The normalized spacial score (nSPS) is 13.9. The van der Waals surface area contributed by atoms with Crippen molar-refractivity contribution in [3.63, 3.8) is 0 Å². The Hall–Kier alpha value is -2.35. The Morgan fingerprint density at radius 2 is 1.85 bits per heavy atom. The smallest absolute Gasteiger partial charge is 0.410 e. The zero-order valence-corrected chi connectivity index (χ0v) is 17.5. The standard InChI is InChI=1S/C19H23BrN4O3/c1-12-5-7-13(8-6-12)21-16(25)15-14-11-23(18(26)27-19(2,3)4)9-10-24(14)17(20)22-15/h5-8H,9-11H2,1-4H3,(H,21,25). The summed E-state index contributed by atoms with van der Waals surface area (Å²) in [6.45, 7) is 8.78. The first-order valence-corrected chi connectivity index (χ1v) is 9.54. The summed E-state index contributed by atoms with van der Waals surface area (Å²) in [6.07, 6.45) is -0.393. The van der Waals surface area contributed by atoms with Crippen molar-refractivity contribution < 1.29 is 14.3 Å². The number of ether oxygens (including phenoxy) is 1. The average Bonchev–Trinajstić information content (AvgIpc) is 2.92. The summed E-state index contributed by atoms with van der Waals surface area (Å²) in [6, 6.07) is 7.55. The number of nitrogens with zero attached hydrogens (tertiary/aromatic N) is 3. The summed E-state index contributed by atoms with van der Waals surface area (Å²) in [7, 11) is 0. The number of rotatable bonds is 2. The van der Waals surface area contributed by atoms with Gasteiger partial charge in [-0.25, -0.2) is 9.78 Å². The van der Waals surface area contributed by atoms with E-state index in [1.54, 1.807) is 4.90 Å². The van der Waals surface area contributed by atoms with Gasteiger partial charge in [-0.1, -0.05) is 17.7 Å². The van der Waals surface area contributed by atoms with E-state index in [-0.39, 0.29) is 12.5 Å². The van der Waals surface area contributed by atoms with Crippen LogP contribution in [-0.2, 0) is 17.8 Å². The molecule has 3 rings (SSSR count). The molecule has 1 aliphatic heterocycles. The Labute approximate surface area is 166 Å². The van der Waals surface area contributed by atoms with Gasteiger partial charge in [0.15, 0.2) is 10.4 Å². The Bertz CT molecular complexity index is 868. The van der Waals surface area contributed by atoms with E-state index in [1.165, 1.54) is 0 Å². The summed E-state index contributed by atoms with van der Waals surface area (Å²) < 4.78 is 7.94. The molecule has 2 heterocycles. The molecule has 8 heteroatoms. The lowest BCUT2D eigenvalue weighted by atomic mass is 10.2. The minimum absolute atomic E-state index is 0.268. The van der Waals surface area contributed by atoms with E-state index in [0.29, 0.717) is 34.9 Å². The lowest BCUT2D eigenvalue weighted by molar-refractivity contribution is 0.0197. The molecular weight excluding hydrogens is 412 g/mol. The maximum Gasteiger partial charge on any atom is 0.410 e. The first-order valence-electron chi connectivity index (χ1n) is 8.75. The number of carbonyl (C=O) groups excluding carboxylic acids is 2. The number of amides is 2. The molecule has 0 atom stereocenters. The average molecular weight is 435 g/mol. The number of hydrogen-bond acceptors (Lipinski definition) is 4. The van der Waals surface area contributed by atoms with Crippen LogP contribution in [0.2, 0.25) is 0 Å². The number of carbonyl (C=O) groups is 2. The van der Waals surface area contributed by atoms with Gasteiger partial charge in [-0.15, -0.1) is 0 Å². The number of aryl methyl sites for hydroxylation is 1. The summed E-state index contributed by atoms with van der Waals surface area (Å²) in [4.78, 5) is 31.1. The summed E-state index contributed by atoms with van der Waals surface area (Å²) in [5.74, 6) is -0.306. The number of imidazole rings is 1. The largest absolute Gasteiger partial charge is 0.444 e. The van der Waals surface area contributed by atoms with Gasteiger partial charge in [0.05, 0.1) is 12.2 Å². The van der Waals surface area contributed by atoms with Crippen LogP contribution >= 0.6 is 15.9 Å². The first kappa shape index (κ1) is 19.4. The fourth-order valence-electron chi connectivity index (χ4n) is 2.82. The third-order valence-electron chi connectivity index (χ3n) is 4.14. The highest BCUT2D eigenvalue weighted by atomic mass is 79.9. The number of aromatic nitrogens is 2. The van der Waals surface area contributed by atoms with Crippen molar-refractivity contribution >= 4 is 33.6 Å². The van der Waals surface area contributed by atoms with E-state index in [9.17, 15) is 9.59 Å². The number of anilines is 1. The van der Waals surface area contributed by atoms with Crippen molar-refractivity contribution in [2.45, 2.75) is 46.4 Å². The molecule has 0 saturated heterocycles. The Morgan fingerprint density at radius 3 is 2.48 bits per heavy atom. The Balaban J connectivity index is 1.80. The zero-order chi connectivity index (χ0) is 19.8. The van der Waals surface area contributed by atoms with Crippen LogP contribution in [0.3, 0.4) is 0 Å². The second-order valence-corrected chi connectivity index (χ2v) is 8.26. The topological polar surface area (TPSA) is 76.5 Å². The third kappa shape index (κ3) is 4.50. The molecule has 2 aromatic rings. The van der Waals surface area contributed by atoms with Crippen LogP contribution in [0.1, 0.15) is 42.5 Å². The van der Waals surface area contributed by atoms with Gasteiger partial charge in [-0.3, -0.25) is 4.79 Å². The molecule has 27 heavy (non-hydrogen) atoms. The van der Waals surface area contributed by atoms with Crippen LogP contribution < -0.4 is 5.32 Å². The lowest BCUT2D eigenvalue weighted by Gasteiger charge is -2.31. The van der Waals surface area contributed by atoms with Gasteiger partial charge in [0.2, 0.25) is 0 Å². The fraction of sp³-hybridized carbons (Fsp3) is 0.421. The van der Waals surface area contributed by atoms with Crippen LogP contribution in [0.4, 0.5) is 10.5 Å². The van der Waals surface area contributed by atoms with Gasteiger partial charge >= 0.3 is 6.09 Å². The number of fused-ring (bicyclic) bond motifs is 1. The molecule has 1 aromatic carbocycles. The molecule has 0 fully saturated rings. The summed E-state index contributed by atoms with van der Waals surface area (Å²) in [5, 5.41) is 2.86. The van der Waals surface area contributed by atoms with E-state index >= 15 is 0 Å². The highest BCUT2D eigenvalue weighted by Gasteiger charge is 2.31. The molecule has 0 unspecified atom stereocenters. The number of hydrogen-bond donors (Lipinski definition) is 1. The molecule has 7 nitrogen and oxygen atoms in total. The molecule has 1 aromatic heterocycles. The van der Waals surface area contributed by atoms with Gasteiger partial charge in [-0.2, -0.15) is 0 Å². The lowest BCUT2D eigenvalue weighted by Crippen LogP contribution is -2.42. The van der Waals surface area contributed by atoms with Gasteiger partial charge < -0.3 is 19.5 Å². The first-order chi connectivity index (χ1) is 12.6. The molecule has 0 bridgehead atoms. The minimum atomic E-state index is -0.568. The van der Waals surface area contributed by atoms with E-state index in [1.807, 2.05) is 56.5 Å². The van der Waals surface area contributed by atoms with Crippen LogP contribution in [0, 0.1) is 6.92 Å². The molecule has 1 N–H and O–H groups in total. The molecule has 0 spiro atoms. The highest BCUT2D eigenvalue weighted by Crippen LogP contribution is 2.25. The summed E-state index contributed by atoms with van der Waals surface area (Å²) >= 11 is 3.41. The highest BCUT2D eigenvalue weighted by molar-refractivity contribution is 9.10. The van der Waals surface area contributed by atoms with Gasteiger partial charge in [0, 0.05) is 18.8 Å². The quantitative estimate of drug-likeness (QED) is 0.775. The maximum absolute atomic E-state index is 12.7. The fourth-order valence-corrected chi connectivity index (χ4v) is 3.38. The van der Waals surface area contributed by atoms with Gasteiger partial charge in [0.25, 0.3) is 5.91 Å². The SMILES string of the molecule is Cc1ccc(NC(=O)c2nc(Br)n3c2CN(C(=O)OC(C)(C)C)CC3)cc1. The molecular formula is C19H23BrN4O3. The van der Waals surface area contributed by atoms with Gasteiger partial charge in [-0.05, 0) is 55.8 Å². The third-order valence-corrected chi connectivity index (χ3v) is 4.74.